The molecule has 1 aliphatic rings. The minimum absolute atomic E-state index is 0.00565. The Bertz CT molecular complexity index is 949. The molecule has 7 heteroatoms. The Kier molecular flexibility index (Phi) is 5.75. The molecule has 0 N–H and O–H groups in total. The van der Waals surface area contributed by atoms with Gasteiger partial charge in [0, 0.05) is 59.1 Å². The van der Waals surface area contributed by atoms with Gasteiger partial charge in [0.25, 0.3) is 5.91 Å². The number of piperazine rings is 1. The summed E-state index contributed by atoms with van der Waals surface area (Å²) in [6.07, 6.45) is 2.73. The summed E-state index contributed by atoms with van der Waals surface area (Å²) in [7, 11) is 0. The molecule has 0 aliphatic carbocycles. The lowest BCUT2D eigenvalue weighted by atomic mass is 10.2. The second kappa shape index (κ2) is 8.43. The Morgan fingerprint density at radius 3 is 2.36 bits per heavy atom. The van der Waals surface area contributed by atoms with Gasteiger partial charge >= 0.3 is 0 Å². The van der Waals surface area contributed by atoms with Gasteiger partial charge < -0.3 is 10.1 Å². The smallest absolute Gasteiger partial charge is 0.254 e. The maximum absolute atomic E-state index is 12.6. The highest BCUT2D eigenvalue weighted by Crippen LogP contribution is 2.30. The third-order valence-corrected chi connectivity index (χ3v) is 6.53. The number of aromatic nitrogens is 1. The quantitative estimate of drug-likeness (QED) is 0.442. The van der Waals surface area contributed by atoms with Crippen molar-refractivity contribution < 1.29 is 9.52 Å². The summed E-state index contributed by atoms with van der Waals surface area (Å²) in [4.78, 5) is 19.4. The standard InChI is InChI=1S/C21H20BrN3O2S/c22-18-3-1-16(2-4-18)20-6-5-19(28-20)15-23-11-13-24(14-12-23)21(26)17-7-9-25(27)10-8-17/h1-10H,11-15H2. The number of halogens is 1. The fraction of sp³-hybridized carbons (Fsp3) is 0.238. The molecule has 0 spiro atoms. The molecule has 4 rings (SSSR count). The maximum atomic E-state index is 12.6. The molecule has 1 aliphatic heterocycles. The monoisotopic (exact) mass is 457 g/mol. The first-order valence-corrected chi connectivity index (χ1v) is 10.7. The molecule has 1 fully saturated rings. The Balaban J connectivity index is 1.33. The van der Waals surface area contributed by atoms with Gasteiger partial charge in [-0.25, -0.2) is 0 Å². The maximum Gasteiger partial charge on any atom is 0.254 e. The fourth-order valence-corrected chi connectivity index (χ4v) is 4.62. The van der Waals surface area contributed by atoms with Crippen LogP contribution in [0, 0.1) is 5.21 Å². The second-order valence-electron chi connectivity index (χ2n) is 6.79. The molecule has 0 radical (unpaired) electrons. The summed E-state index contributed by atoms with van der Waals surface area (Å²) >= 11 is 5.30. The van der Waals surface area contributed by atoms with E-state index in [4.69, 9.17) is 0 Å². The average Bonchev–Trinajstić information content (AvgIpc) is 3.18. The Hall–Kier alpha value is -2.22. The molecule has 1 amide bonds. The van der Waals surface area contributed by atoms with Crippen LogP contribution in [0.1, 0.15) is 15.2 Å². The van der Waals surface area contributed by atoms with Gasteiger partial charge in [-0.05, 0) is 29.8 Å². The average molecular weight is 458 g/mol. The highest BCUT2D eigenvalue weighted by molar-refractivity contribution is 9.10. The Morgan fingerprint density at radius 1 is 1.00 bits per heavy atom. The van der Waals surface area contributed by atoms with Gasteiger partial charge in [0.2, 0.25) is 0 Å². The minimum Gasteiger partial charge on any atom is -0.619 e. The highest BCUT2D eigenvalue weighted by Gasteiger charge is 2.22. The molecular weight excluding hydrogens is 438 g/mol. The van der Waals surface area contributed by atoms with Crippen LogP contribution < -0.4 is 4.73 Å². The van der Waals surface area contributed by atoms with Crippen molar-refractivity contribution in [3.63, 3.8) is 0 Å². The van der Waals surface area contributed by atoms with Crippen LogP contribution in [0.15, 0.2) is 65.4 Å². The number of hydrogen-bond acceptors (Lipinski definition) is 4. The largest absolute Gasteiger partial charge is 0.619 e. The van der Waals surface area contributed by atoms with E-state index in [9.17, 15) is 10.0 Å². The van der Waals surface area contributed by atoms with Gasteiger partial charge in [-0.3, -0.25) is 9.69 Å². The van der Waals surface area contributed by atoms with Crippen LogP contribution in [-0.4, -0.2) is 41.9 Å². The molecule has 5 nitrogen and oxygen atoms in total. The van der Waals surface area contributed by atoms with Crippen molar-refractivity contribution in [2.75, 3.05) is 26.2 Å². The molecule has 0 unspecified atom stereocenters. The van der Waals surface area contributed by atoms with E-state index in [-0.39, 0.29) is 5.91 Å². The summed E-state index contributed by atoms with van der Waals surface area (Å²) in [5.41, 5.74) is 1.80. The topological polar surface area (TPSA) is 50.5 Å². The zero-order valence-electron chi connectivity index (χ0n) is 15.3. The van der Waals surface area contributed by atoms with Gasteiger partial charge in [-0.2, -0.15) is 4.73 Å². The molecule has 0 bridgehead atoms. The zero-order chi connectivity index (χ0) is 19.5. The third kappa shape index (κ3) is 4.43. The number of rotatable bonds is 4. The summed E-state index contributed by atoms with van der Waals surface area (Å²) in [6.45, 7) is 4.02. The van der Waals surface area contributed by atoms with E-state index in [0.29, 0.717) is 23.4 Å². The number of pyridine rings is 1. The Labute approximate surface area is 176 Å². The van der Waals surface area contributed by atoms with Gasteiger partial charge in [-0.1, -0.05) is 28.1 Å². The number of hydrogen-bond donors (Lipinski definition) is 0. The minimum atomic E-state index is -0.00565. The summed E-state index contributed by atoms with van der Waals surface area (Å²) in [6, 6.07) is 15.9. The number of carbonyl (C=O) groups is 1. The van der Waals surface area contributed by atoms with Crippen LogP contribution in [0.2, 0.25) is 0 Å². The van der Waals surface area contributed by atoms with Crippen LogP contribution in [0.3, 0.4) is 0 Å². The van der Waals surface area contributed by atoms with E-state index in [2.05, 4.69) is 57.2 Å². The van der Waals surface area contributed by atoms with E-state index >= 15 is 0 Å². The number of benzene rings is 1. The summed E-state index contributed by atoms with van der Waals surface area (Å²) < 4.78 is 1.78. The molecule has 0 saturated carbocycles. The lowest BCUT2D eigenvalue weighted by Crippen LogP contribution is -2.48. The molecule has 1 saturated heterocycles. The molecule has 3 heterocycles. The lowest BCUT2D eigenvalue weighted by Gasteiger charge is -2.34. The van der Waals surface area contributed by atoms with Crippen LogP contribution in [0.4, 0.5) is 0 Å². The van der Waals surface area contributed by atoms with Gasteiger partial charge in [0.1, 0.15) is 0 Å². The first-order chi connectivity index (χ1) is 13.6. The van der Waals surface area contributed by atoms with Crippen molar-refractivity contribution in [1.29, 1.82) is 0 Å². The molecule has 3 aromatic rings. The van der Waals surface area contributed by atoms with Crippen LogP contribution in [-0.2, 0) is 6.54 Å². The first kappa shape index (κ1) is 19.1. The van der Waals surface area contributed by atoms with Crippen molar-refractivity contribution in [2.24, 2.45) is 0 Å². The van der Waals surface area contributed by atoms with Crippen LogP contribution >= 0.6 is 27.3 Å². The number of thiophene rings is 1. The number of amides is 1. The fourth-order valence-electron chi connectivity index (χ4n) is 3.30. The summed E-state index contributed by atoms with van der Waals surface area (Å²) in [5, 5.41) is 11.1. The number of carbonyl (C=O) groups excluding carboxylic acids is 1. The second-order valence-corrected chi connectivity index (χ2v) is 8.87. The molecule has 144 valence electrons. The van der Waals surface area contributed by atoms with Crippen molar-refractivity contribution in [3.8, 4) is 10.4 Å². The van der Waals surface area contributed by atoms with Gasteiger partial charge in [0.15, 0.2) is 12.4 Å². The van der Waals surface area contributed by atoms with E-state index in [1.54, 1.807) is 12.1 Å². The predicted octanol–water partition coefficient (Wildman–Crippen LogP) is 3.77. The third-order valence-electron chi connectivity index (χ3n) is 4.88. The van der Waals surface area contributed by atoms with Crippen LogP contribution in [0.25, 0.3) is 10.4 Å². The van der Waals surface area contributed by atoms with E-state index in [1.165, 1.54) is 27.7 Å². The molecule has 0 atom stereocenters. The predicted molar refractivity (Wildman–Crippen MR) is 114 cm³/mol. The van der Waals surface area contributed by atoms with Crippen molar-refractivity contribution in [1.82, 2.24) is 9.80 Å². The van der Waals surface area contributed by atoms with E-state index < -0.39 is 0 Å². The van der Waals surface area contributed by atoms with Crippen molar-refractivity contribution >= 4 is 33.2 Å². The lowest BCUT2D eigenvalue weighted by molar-refractivity contribution is -0.605. The van der Waals surface area contributed by atoms with Gasteiger partial charge in [0.05, 0.1) is 5.56 Å². The number of nitrogens with zero attached hydrogens (tertiary/aromatic N) is 3. The molecule has 2 aromatic heterocycles. The van der Waals surface area contributed by atoms with E-state index in [0.717, 1.165) is 24.1 Å². The highest BCUT2D eigenvalue weighted by atomic mass is 79.9. The SMILES string of the molecule is O=C(c1cc[n+]([O-])cc1)N1CCN(Cc2ccc(-c3ccc(Br)cc3)s2)CC1. The van der Waals surface area contributed by atoms with Crippen molar-refractivity contribution in [2.45, 2.75) is 6.54 Å². The van der Waals surface area contributed by atoms with Crippen molar-refractivity contribution in [3.05, 3.63) is 81.0 Å². The van der Waals surface area contributed by atoms with E-state index in [1.807, 2.05) is 16.2 Å². The first-order valence-electron chi connectivity index (χ1n) is 9.13. The molecule has 28 heavy (non-hydrogen) atoms. The van der Waals surface area contributed by atoms with Gasteiger partial charge in [-0.15, -0.1) is 11.3 Å². The Morgan fingerprint density at radius 2 is 1.68 bits per heavy atom. The normalized spacial score (nSPS) is 15.0. The van der Waals surface area contributed by atoms with Crippen LogP contribution in [0.5, 0.6) is 0 Å². The zero-order valence-corrected chi connectivity index (χ0v) is 17.7. The molecule has 1 aromatic carbocycles. The summed E-state index contributed by atoms with van der Waals surface area (Å²) in [5.74, 6) is -0.00565. The molecular formula is C21H20BrN3O2S.